The lowest BCUT2D eigenvalue weighted by molar-refractivity contribution is 0.0970. The number of halogens is 1. The second kappa shape index (κ2) is 9.31. The molecule has 0 fully saturated rings. The van der Waals surface area contributed by atoms with E-state index in [4.69, 9.17) is 20.8 Å². The average molecular weight is 475 g/mol. The average Bonchev–Trinajstić information content (AvgIpc) is 3.15. The molecule has 3 heterocycles. The van der Waals surface area contributed by atoms with Crippen LogP contribution in [-0.2, 0) is 0 Å². The highest BCUT2D eigenvalue weighted by atomic mass is 35.5. The molecule has 172 valence electrons. The number of anilines is 1. The minimum Gasteiger partial charge on any atom is -0.494 e. The number of hydrogen-bond acceptors (Lipinski definition) is 5. The topological polar surface area (TPSA) is 72.6 Å². The van der Waals surface area contributed by atoms with Crippen LogP contribution >= 0.6 is 11.6 Å². The van der Waals surface area contributed by atoms with E-state index in [1.807, 2.05) is 24.3 Å². The Morgan fingerprint density at radius 1 is 1.03 bits per heavy atom. The van der Waals surface area contributed by atoms with Crippen molar-refractivity contribution in [2.24, 2.45) is 0 Å². The molecule has 0 bridgehead atoms. The van der Waals surface area contributed by atoms with Gasteiger partial charge in [-0.2, -0.15) is 0 Å². The number of fused-ring (bicyclic) bond motifs is 2. The Hall–Kier alpha value is -3.64. The number of carbonyl (C=O) groups excluding carboxylic acids is 1. The largest absolute Gasteiger partial charge is 0.494 e. The SMILES string of the molecule is CCCCCOc1ccc(C2c3c(oc4ccccc4c3=O)C(=O)N2c2ccc(Cl)cn2)cc1. The summed E-state index contributed by atoms with van der Waals surface area (Å²) in [6, 6.07) is 17.1. The first kappa shape index (κ1) is 22.2. The fourth-order valence-corrected chi connectivity index (χ4v) is 4.38. The maximum Gasteiger partial charge on any atom is 0.296 e. The predicted molar refractivity (Wildman–Crippen MR) is 132 cm³/mol. The molecule has 2 aromatic heterocycles. The third-order valence-corrected chi connectivity index (χ3v) is 6.17. The summed E-state index contributed by atoms with van der Waals surface area (Å²) in [7, 11) is 0. The highest BCUT2D eigenvalue weighted by Crippen LogP contribution is 2.41. The van der Waals surface area contributed by atoms with Gasteiger partial charge in [-0.3, -0.25) is 14.5 Å². The second-order valence-electron chi connectivity index (χ2n) is 8.21. The Morgan fingerprint density at radius 2 is 1.82 bits per heavy atom. The normalized spacial score (nSPS) is 15.1. The van der Waals surface area contributed by atoms with Crippen molar-refractivity contribution in [3.05, 3.63) is 99.0 Å². The van der Waals surface area contributed by atoms with Crippen molar-refractivity contribution >= 4 is 34.3 Å². The minimum absolute atomic E-state index is 0.0327. The van der Waals surface area contributed by atoms with Crippen LogP contribution in [0.2, 0.25) is 5.02 Å². The number of amides is 1. The van der Waals surface area contributed by atoms with E-state index >= 15 is 0 Å². The highest BCUT2D eigenvalue weighted by molar-refractivity contribution is 6.30. The lowest BCUT2D eigenvalue weighted by atomic mass is 9.98. The zero-order chi connectivity index (χ0) is 23.7. The first-order chi connectivity index (χ1) is 16.6. The van der Waals surface area contributed by atoms with Gasteiger partial charge in [0.1, 0.15) is 17.2 Å². The number of benzene rings is 2. The van der Waals surface area contributed by atoms with Gasteiger partial charge in [0.15, 0.2) is 5.43 Å². The Morgan fingerprint density at radius 3 is 2.56 bits per heavy atom. The summed E-state index contributed by atoms with van der Waals surface area (Å²) in [5.41, 5.74) is 1.20. The lowest BCUT2D eigenvalue weighted by Crippen LogP contribution is -2.30. The number of aromatic nitrogens is 1. The van der Waals surface area contributed by atoms with Crippen LogP contribution in [0.15, 0.2) is 76.1 Å². The zero-order valence-electron chi connectivity index (χ0n) is 18.7. The van der Waals surface area contributed by atoms with Gasteiger partial charge in [0.2, 0.25) is 5.76 Å². The summed E-state index contributed by atoms with van der Waals surface area (Å²) < 4.78 is 11.8. The molecule has 1 atom stereocenters. The molecule has 6 nitrogen and oxygen atoms in total. The molecule has 0 saturated heterocycles. The van der Waals surface area contributed by atoms with Crippen molar-refractivity contribution in [3.8, 4) is 5.75 Å². The summed E-state index contributed by atoms with van der Waals surface area (Å²) >= 11 is 6.02. The fraction of sp³-hybridized carbons (Fsp3) is 0.222. The van der Waals surface area contributed by atoms with E-state index in [1.165, 1.54) is 11.1 Å². The Bertz CT molecular complexity index is 1400. The van der Waals surface area contributed by atoms with Crippen molar-refractivity contribution < 1.29 is 13.9 Å². The predicted octanol–water partition coefficient (Wildman–Crippen LogP) is 6.16. The molecule has 2 aromatic carbocycles. The molecule has 0 aliphatic carbocycles. The van der Waals surface area contributed by atoms with Crippen molar-refractivity contribution in [1.82, 2.24) is 4.98 Å². The van der Waals surface area contributed by atoms with E-state index in [0.29, 0.717) is 34.0 Å². The summed E-state index contributed by atoms with van der Waals surface area (Å²) in [5, 5.41) is 0.884. The van der Waals surface area contributed by atoms with Crippen LogP contribution in [0.5, 0.6) is 5.75 Å². The summed E-state index contributed by atoms with van der Waals surface area (Å²) in [6.07, 6.45) is 4.71. The molecule has 0 N–H and O–H groups in total. The van der Waals surface area contributed by atoms with E-state index in [9.17, 15) is 9.59 Å². The summed E-state index contributed by atoms with van der Waals surface area (Å²) in [4.78, 5) is 32.9. The van der Waals surface area contributed by atoms with Crippen LogP contribution in [0.3, 0.4) is 0 Å². The summed E-state index contributed by atoms with van der Waals surface area (Å²) in [6.45, 7) is 2.80. The van der Waals surface area contributed by atoms with Gasteiger partial charge in [0, 0.05) is 6.20 Å². The van der Waals surface area contributed by atoms with Crippen LogP contribution in [0, 0.1) is 0 Å². The van der Waals surface area contributed by atoms with E-state index < -0.39 is 11.9 Å². The standard InChI is InChI=1S/C27H23ClN2O4/c1-2-3-6-15-33-19-12-9-17(10-13-19)24-23-25(31)20-7-4-5-8-21(20)34-26(23)27(32)30(24)22-14-11-18(28)16-29-22/h4-5,7-14,16,24H,2-3,6,15H2,1H3. The molecule has 0 spiro atoms. The van der Waals surface area contributed by atoms with Gasteiger partial charge >= 0.3 is 0 Å². The minimum atomic E-state index is -0.689. The van der Waals surface area contributed by atoms with Crippen LogP contribution in [0.1, 0.15) is 53.9 Å². The fourth-order valence-electron chi connectivity index (χ4n) is 4.27. The van der Waals surface area contributed by atoms with E-state index in [-0.39, 0.29) is 11.2 Å². The number of hydrogen-bond donors (Lipinski definition) is 0. The van der Waals surface area contributed by atoms with Crippen LogP contribution in [-0.4, -0.2) is 17.5 Å². The molecule has 1 unspecified atom stereocenters. The molecule has 1 amide bonds. The Balaban J connectivity index is 1.61. The van der Waals surface area contributed by atoms with Crippen molar-refractivity contribution in [2.45, 2.75) is 32.2 Å². The Labute approximate surface area is 201 Å². The molecule has 0 radical (unpaired) electrons. The zero-order valence-corrected chi connectivity index (χ0v) is 19.4. The molecule has 4 aromatic rings. The van der Waals surface area contributed by atoms with Crippen LogP contribution in [0.4, 0.5) is 5.82 Å². The van der Waals surface area contributed by atoms with Crippen molar-refractivity contribution in [1.29, 1.82) is 0 Å². The molecule has 1 aliphatic rings. The molecule has 1 aliphatic heterocycles. The molecule has 7 heteroatoms. The van der Waals surface area contributed by atoms with Gasteiger partial charge in [-0.1, -0.05) is 55.6 Å². The molecular weight excluding hydrogens is 452 g/mol. The molecule has 0 saturated carbocycles. The number of pyridine rings is 1. The van der Waals surface area contributed by atoms with Crippen LogP contribution < -0.4 is 15.1 Å². The number of carbonyl (C=O) groups is 1. The second-order valence-corrected chi connectivity index (χ2v) is 8.64. The summed E-state index contributed by atoms with van der Waals surface area (Å²) in [5.74, 6) is 0.739. The molecule has 34 heavy (non-hydrogen) atoms. The smallest absolute Gasteiger partial charge is 0.296 e. The van der Waals surface area contributed by atoms with Gasteiger partial charge in [0.05, 0.1) is 28.6 Å². The quantitative estimate of drug-likeness (QED) is 0.300. The molecular formula is C27H23ClN2O4. The van der Waals surface area contributed by atoms with Crippen LogP contribution in [0.25, 0.3) is 11.0 Å². The number of rotatable bonds is 7. The monoisotopic (exact) mass is 474 g/mol. The highest BCUT2D eigenvalue weighted by Gasteiger charge is 2.44. The molecule has 5 rings (SSSR count). The van der Waals surface area contributed by atoms with Gasteiger partial charge in [0.25, 0.3) is 5.91 Å². The number of ether oxygens (including phenoxy) is 1. The van der Waals surface area contributed by atoms with Gasteiger partial charge < -0.3 is 9.15 Å². The van der Waals surface area contributed by atoms with Gasteiger partial charge in [-0.05, 0) is 48.4 Å². The number of unbranched alkanes of at least 4 members (excludes halogenated alkanes) is 2. The maximum atomic E-state index is 13.5. The third-order valence-electron chi connectivity index (χ3n) is 5.95. The van der Waals surface area contributed by atoms with Gasteiger partial charge in [-0.15, -0.1) is 0 Å². The van der Waals surface area contributed by atoms with E-state index in [0.717, 1.165) is 30.6 Å². The first-order valence-electron chi connectivity index (χ1n) is 11.3. The Kier molecular flexibility index (Phi) is 6.07. The number of nitrogens with zero attached hydrogens (tertiary/aromatic N) is 2. The number of para-hydroxylation sites is 1. The van der Waals surface area contributed by atoms with Crippen molar-refractivity contribution in [2.75, 3.05) is 11.5 Å². The lowest BCUT2D eigenvalue weighted by Gasteiger charge is -2.24. The maximum absolute atomic E-state index is 13.5. The van der Waals surface area contributed by atoms with E-state index in [1.54, 1.807) is 36.4 Å². The first-order valence-corrected chi connectivity index (χ1v) is 11.7. The van der Waals surface area contributed by atoms with Gasteiger partial charge in [-0.25, -0.2) is 4.98 Å². The third kappa shape index (κ3) is 3.94. The van der Waals surface area contributed by atoms with E-state index in [2.05, 4.69) is 11.9 Å². The van der Waals surface area contributed by atoms with Crippen molar-refractivity contribution in [3.63, 3.8) is 0 Å².